The summed E-state index contributed by atoms with van der Waals surface area (Å²) in [7, 11) is 0. The second kappa shape index (κ2) is 5.63. The van der Waals surface area contributed by atoms with Gasteiger partial charge in [0.1, 0.15) is 6.04 Å². The number of hydrogen-bond acceptors (Lipinski definition) is 3. The van der Waals surface area contributed by atoms with Gasteiger partial charge in [-0.25, -0.2) is 0 Å². The van der Waals surface area contributed by atoms with Crippen molar-refractivity contribution in [1.29, 1.82) is 0 Å². The van der Waals surface area contributed by atoms with Crippen LogP contribution in [0.15, 0.2) is 15.9 Å². The van der Waals surface area contributed by atoms with Crippen molar-refractivity contribution in [3.8, 4) is 0 Å². The van der Waals surface area contributed by atoms with E-state index >= 15 is 0 Å². The summed E-state index contributed by atoms with van der Waals surface area (Å²) in [6, 6.07) is 1.54. The molecule has 0 bridgehead atoms. The summed E-state index contributed by atoms with van der Waals surface area (Å²) in [5, 5.41) is 5.10. The molecule has 5 heteroatoms. The lowest BCUT2D eigenvalue weighted by Gasteiger charge is -2.16. The fourth-order valence-electron chi connectivity index (χ4n) is 1.19. The number of amides is 1. The maximum absolute atomic E-state index is 11.3. The average Bonchev–Trinajstić information content (AvgIpc) is 2.51. The minimum Gasteiger partial charge on any atom is -0.368 e. The Labute approximate surface area is 102 Å². The van der Waals surface area contributed by atoms with Gasteiger partial charge in [0.05, 0.1) is 0 Å². The van der Waals surface area contributed by atoms with E-state index in [1.165, 1.54) is 11.3 Å². The molecule has 0 radical (unpaired) electrons. The van der Waals surface area contributed by atoms with E-state index in [1.54, 1.807) is 0 Å². The van der Waals surface area contributed by atoms with Crippen LogP contribution in [0.3, 0.4) is 0 Å². The normalized spacial score (nSPS) is 13.1. The predicted molar refractivity (Wildman–Crippen MR) is 66.8 cm³/mol. The molecule has 1 atom stereocenters. The van der Waals surface area contributed by atoms with Crippen molar-refractivity contribution in [1.82, 2.24) is 5.32 Å². The average molecular weight is 291 g/mol. The molecule has 0 saturated carbocycles. The molecule has 1 amide bonds. The fraction of sp³-hybridized carbons (Fsp3) is 0.500. The largest absolute Gasteiger partial charge is 0.368 e. The highest BCUT2D eigenvalue weighted by molar-refractivity contribution is 9.10. The van der Waals surface area contributed by atoms with Crippen LogP contribution >= 0.6 is 27.3 Å². The lowest BCUT2D eigenvalue weighted by atomic mass is 10.2. The highest BCUT2D eigenvalue weighted by Gasteiger charge is 2.20. The summed E-state index contributed by atoms with van der Waals surface area (Å²) in [5.74, 6) is 0.157. The summed E-state index contributed by atoms with van der Waals surface area (Å²) in [5.41, 5.74) is 5.37. The van der Waals surface area contributed by atoms with Gasteiger partial charge in [0.25, 0.3) is 0 Å². The molecule has 0 saturated heterocycles. The number of thiophene rings is 1. The standard InChI is InChI=1S/C10H15BrN2OS/c1-6(2)5-13-8(10(12)14)9-7(11)3-4-15-9/h3-4,6,8,13H,5H2,1-2H3,(H2,12,14). The fourth-order valence-corrected chi connectivity index (χ4v) is 2.87. The molecule has 1 aromatic rings. The summed E-state index contributed by atoms with van der Waals surface area (Å²) in [6.07, 6.45) is 0. The molecule has 0 fully saturated rings. The predicted octanol–water partition coefficient (Wildman–Crippen LogP) is 2.28. The Bertz CT molecular complexity index is 338. The Balaban J connectivity index is 2.75. The number of carbonyl (C=O) groups is 1. The van der Waals surface area contributed by atoms with Crippen LogP contribution in [-0.2, 0) is 4.79 Å². The van der Waals surface area contributed by atoms with Gasteiger partial charge in [0.15, 0.2) is 0 Å². The molecule has 0 spiro atoms. The van der Waals surface area contributed by atoms with E-state index in [0.717, 1.165) is 15.9 Å². The van der Waals surface area contributed by atoms with Gasteiger partial charge in [-0.1, -0.05) is 13.8 Å². The van der Waals surface area contributed by atoms with Gasteiger partial charge < -0.3 is 11.1 Å². The monoisotopic (exact) mass is 290 g/mol. The smallest absolute Gasteiger partial charge is 0.240 e. The van der Waals surface area contributed by atoms with Crippen molar-refractivity contribution in [2.75, 3.05) is 6.54 Å². The molecular formula is C10H15BrN2OS. The zero-order chi connectivity index (χ0) is 11.4. The summed E-state index contributed by atoms with van der Waals surface area (Å²) in [6.45, 7) is 4.96. The van der Waals surface area contributed by atoms with Gasteiger partial charge in [0, 0.05) is 9.35 Å². The Morgan fingerprint density at radius 2 is 2.33 bits per heavy atom. The van der Waals surface area contributed by atoms with Gasteiger partial charge in [-0.05, 0) is 39.8 Å². The third kappa shape index (κ3) is 3.59. The number of primary amides is 1. The molecule has 0 aliphatic rings. The quantitative estimate of drug-likeness (QED) is 0.874. The first-order valence-electron chi connectivity index (χ1n) is 4.78. The van der Waals surface area contributed by atoms with E-state index in [9.17, 15) is 4.79 Å². The topological polar surface area (TPSA) is 55.1 Å². The number of rotatable bonds is 5. The van der Waals surface area contributed by atoms with Crippen molar-refractivity contribution in [2.45, 2.75) is 19.9 Å². The molecule has 3 N–H and O–H groups in total. The number of nitrogens with one attached hydrogen (secondary N) is 1. The van der Waals surface area contributed by atoms with Gasteiger partial charge in [-0.3, -0.25) is 4.79 Å². The van der Waals surface area contributed by atoms with Crippen LogP contribution in [0.25, 0.3) is 0 Å². The maximum atomic E-state index is 11.3. The van der Waals surface area contributed by atoms with Crippen molar-refractivity contribution in [3.63, 3.8) is 0 Å². The Kier molecular flexibility index (Phi) is 4.76. The molecule has 0 aliphatic heterocycles. The Morgan fingerprint density at radius 3 is 2.73 bits per heavy atom. The van der Waals surface area contributed by atoms with Gasteiger partial charge >= 0.3 is 0 Å². The first kappa shape index (κ1) is 12.7. The third-order valence-corrected chi connectivity index (χ3v) is 3.86. The van der Waals surface area contributed by atoms with Crippen LogP contribution in [0.1, 0.15) is 24.8 Å². The van der Waals surface area contributed by atoms with E-state index in [-0.39, 0.29) is 11.9 Å². The molecule has 1 unspecified atom stereocenters. The first-order valence-corrected chi connectivity index (χ1v) is 6.45. The molecule has 0 aliphatic carbocycles. The SMILES string of the molecule is CC(C)CNC(C(N)=O)c1sccc1Br. The second-order valence-electron chi connectivity index (χ2n) is 3.77. The summed E-state index contributed by atoms with van der Waals surface area (Å²) in [4.78, 5) is 12.3. The van der Waals surface area contributed by atoms with Gasteiger partial charge in [-0.15, -0.1) is 11.3 Å². The maximum Gasteiger partial charge on any atom is 0.240 e. The number of halogens is 1. The molecule has 1 rings (SSSR count). The minimum absolute atomic E-state index is 0.334. The van der Waals surface area contributed by atoms with Crippen LogP contribution in [0.4, 0.5) is 0 Å². The van der Waals surface area contributed by atoms with E-state index in [1.807, 2.05) is 11.4 Å². The number of nitrogens with two attached hydrogens (primary N) is 1. The Morgan fingerprint density at radius 1 is 1.67 bits per heavy atom. The molecule has 0 aromatic carbocycles. The zero-order valence-electron chi connectivity index (χ0n) is 8.79. The summed E-state index contributed by atoms with van der Waals surface area (Å²) >= 11 is 4.93. The molecule has 1 aromatic heterocycles. The van der Waals surface area contributed by atoms with E-state index in [4.69, 9.17) is 5.73 Å². The molecular weight excluding hydrogens is 276 g/mol. The van der Waals surface area contributed by atoms with Crippen molar-refractivity contribution in [2.24, 2.45) is 11.7 Å². The van der Waals surface area contributed by atoms with Crippen molar-refractivity contribution >= 4 is 33.2 Å². The van der Waals surface area contributed by atoms with E-state index < -0.39 is 0 Å². The van der Waals surface area contributed by atoms with Gasteiger partial charge in [-0.2, -0.15) is 0 Å². The second-order valence-corrected chi connectivity index (χ2v) is 5.57. The lowest BCUT2D eigenvalue weighted by Crippen LogP contribution is -2.35. The van der Waals surface area contributed by atoms with Crippen molar-refractivity contribution < 1.29 is 4.79 Å². The van der Waals surface area contributed by atoms with Crippen LogP contribution in [0, 0.1) is 5.92 Å². The van der Waals surface area contributed by atoms with E-state index in [2.05, 4.69) is 35.1 Å². The van der Waals surface area contributed by atoms with Crippen LogP contribution in [0.2, 0.25) is 0 Å². The number of hydrogen-bond donors (Lipinski definition) is 2. The first-order chi connectivity index (χ1) is 7.02. The Hall–Kier alpha value is -0.390. The van der Waals surface area contributed by atoms with Crippen LogP contribution in [-0.4, -0.2) is 12.5 Å². The summed E-state index contributed by atoms with van der Waals surface area (Å²) < 4.78 is 0.938. The number of carbonyl (C=O) groups excluding carboxylic acids is 1. The zero-order valence-corrected chi connectivity index (χ0v) is 11.2. The van der Waals surface area contributed by atoms with Crippen molar-refractivity contribution in [3.05, 3.63) is 20.8 Å². The van der Waals surface area contributed by atoms with Crippen LogP contribution < -0.4 is 11.1 Å². The highest BCUT2D eigenvalue weighted by Crippen LogP contribution is 2.28. The molecule has 84 valence electrons. The molecule has 3 nitrogen and oxygen atoms in total. The minimum atomic E-state index is -0.387. The molecule has 15 heavy (non-hydrogen) atoms. The van der Waals surface area contributed by atoms with Crippen LogP contribution in [0.5, 0.6) is 0 Å². The molecule has 1 heterocycles. The third-order valence-electron chi connectivity index (χ3n) is 1.92. The van der Waals surface area contributed by atoms with Gasteiger partial charge in [0.2, 0.25) is 5.91 Å². The lowest BCUT2D eigenvalue weighted by molar-refractivity contribution is -0.120. The highest BCUT2D eigenvalue weighted by atomic mass is 79.9. The van der Waals surface area contributed by atoms with E-state index in [0.29, 0.717) is 5.92 Å².